The third-order valence-electron chi connectivity index (χ3n) is 6.88. The molecule has 4 nitrogen and oxygen atoms in total. The summed E-state index contributed by atoms with van der Waals surface area (Å²) in [6.07, 6.45) is 1.17. The van der Waals surface area contributed by atoms with E-state index in [0.717, 1.165) is 16.8 Å². The quantitative estimate of drug-likeness (QED) is 0.115. The van der Waals surface area contributed by atoms with Crippen molar-refractivity contribution >= 4 is 38.5 Å². The molecule has 0 saturated carbocycles. The number of aryl methyl sites for hydroxylation is 1. The van der Waals surface area contributed by atoms with Gasteiger partial charge in [0.1, 0.15) is 0 Å². The molecule has 2 heterocycles. The summed E-state index contributed by atoms with van der Waals surface area (Å²) in [7, 11) is 2.12. The molecular weight excluding hydrogens is 649 g/mol. The fourth-order valence-electron chi connectivity index (χ4n) is 5.36. The van der Waals surface area contributed by atoms with Gasteiger partial charge < -0.3 is 9.67 Å². The van der Waals surface area contributed by atoms with E-state index < -0.39 is 0 Å². The van der Waals surface area contributed by atoms with Crippen LogP contribution in [0.4, 0.5) is 0 Å². The number of aliphatic hydroxyl groups excluding tert-OH is 1. The average molecular weight is 674 g/mol. The van der Waals surface area contributed by atoms with E-state index in [9.17, 15) is 4.79 Å². The number of rotatable bonds is 2. The van der Waals surface area contributed by atoms with Crippen molar-refractivity contribution in [2.24, 2.45) is 7.05 Å². The van der Waals surface area contributed by atoms with E-state index in [4.69, 9.17) is 10.1 Å². The maximum Gasteiger partial charge on any atom is 0.155 e. The number of aromatic nitrogens is 2. The first-order valence-corrected chi connectivity index (χ1v) is 12.2. The number of pyridine rings is 1. The van der Waals surface area contributed by atoms with Crippen LogP contribution in [0.1, 0.15) is 13.8 Å². The molecule has 0 unspecified atom stereocenters. The van der Waals surface area contributed by atoms with E-state index in [1.807, 2.05) is 0 Å². The predicted octanol–water partition coefficient (Wildman–Crippen LogP) is 8.03. The molecule has 1 N–H and O–H groups in total. The number of nitrogens with zero attached hydrogens (tertiary/aromatic N) is 2. The molecule has 1 radical (unpaired) electrons. The van der Waals surface area contributed by atoms with E-state index in [1.165, 1.54) is 69.4 Å². The second-order valence-electron chi connectivity index (χ2n) is 9.42. The first-order chi connectivity index (χ1) is 17.9. The zero-order valence-corrected chi connectivity index (χ0v) is 23.6. The number of hydrogen-bond donors (Lipinski definition) is 1. The molecule has 1 aliphatic rings. The molecule has 0 atom stereocenters. The van der Waals surface area contributed by atoms with Crippen LogP contribution in [-0.4, -0.2) is 20.4 Å². The van der Waals surface area contributed by atoms with Gasteiger partial charge in [0.15, 0.2) is 5.78 Å². The van der Waals surface area contributed by atoms with Crippen LogP contribution in [0.5, 0.6) is 0 Å². The monoisotopic (exact) mass is 674 g/mol. The number of aliphatic hydroxyl groups is 1. The maximum atomic E-state index is 10.0. The molecule has 4 aromatic carbocycles. The molecule has 6 aromatic rings. The van der Waals surface area contributed by atoms with E-state index in [1.54, 1.807) is 0 Å². The standard InChI is InChI=1S/C28H17N2.C5H8O2.Ir/c1-30-26-12-5-4-9-20(26)22-15-17(13-14-27(22)30)25-16-23-19-8-3-2-7-18(19)21-10-6-11-24(29-25)28(21)23;1-4(6)3-5(2)7;/h2-12,14-16H,1H3;3,6H,1-2H3;/q-1;;/b;4-3-;. The van der Waals surface area contributed by atoms with Gasteiger partial charge in [-0.2, -0.15) is 0 Å². The maximum absolute atomic E-state index is 10.0. The fourth-order valence-corrected chi connectivity index (χ4v) is 5.36. The molecule has 0 fully saturated rings. The van der Waals surface area contributed by atoms with E-state index in [2.05, 4.69) is 103 Å². The summed E-state index contributed by atoms with van der Waals surface area (Å²) in [6.45, 7) is 2.85. The Kier molecular flexibility index (Phi) is 6.75. The van der Waals surface area contributed by atoms with Crippen LogP contribution < -0.4 is 0 Å². The van der Waals surface area contributed by atoms with Crippen molar-refractivity contribution in [3.8, 4) is 33.5 Å². The number of para-hydroxylation sites is 1. The van der Waals surface area contributed by atoms with Crippen molar-refractivity contribution in [2.45, 2.75) is 13.8 Å². The van der Waals surface area contributed by atoms with Crippen LogP contribution in [-0.2, 0) is 31.9 Å². The van der Waals surface area contributed by atoms with Gasteiger partial charge >= 0.3 is 0 Å². The van der Waals surface area contributed by atoms with Gasteiger partial charge in [0, 0.05) is 44.1 Å². The van der Waals surface area contributed by atoms with Crippen LogP contribution in [0.3, 0.4) is 0 Å². The van der Waals surface area contributed by atoms with E-state index in [0.29, 0.717) is 0 Å². The Morgan fingerprint density at radius 2 is 1.53 bits per heavy atom. The number of ketones is 1. The van der Waals surface area contributed by atoms with Crippen molar-refractivity contribution in [2.75, 3.05) is 0 Å². The molecule has 0 spiro atoms. The fraction of sp³-hybridized carbons (Fsp3) is 0.0909. The predicted molar refractivity (Wildman–Crippen MR) is 151 cm³/mol. The van der Waals surface area contributed by atoms with Gasteiger partial charge in [-0.3, -0.25) is 9.78 Å². The SMILES string of the molecule is CC(=O)/C=C(/C)O.Cn1c2c[c-]c(-c3cc4c5c(cccc5n3)-c3ccccc3-4)cc2c2ccccc21.[Ir]. The number of benzene rings is 4. The number of allylic oxidation sites excluding steroid dienone is 2. The average Bonchev–Trinajstić information content (AvgIpc) is 3.37. The van der Waals surface area contributed by atoms with E-state index in [-0.39, 0.29) is 31.6 Å². The zero-order chi connectivity index (χ0) is 25.7. The van der Waals surface area contributed by atoms with Gasteiger partial charge in [-0.25, -0.2) is 0 Å². The summed E-state index contributed by atoms with van der Waals surface area (Å²) in [5.41, 5.74) is 10.6. The second-order valence-corrected chi connectivity index (χ2v) is 9.42. The molecule has 0 aliphatic heterocycles. The minimum Gasteiger partial charge on any atom is -0.512 e. The third-order valence-corrected chi connectivity index (χ3v) is 6.88. The second kappa shape index (κ2) is 10.0. The minimum atomic E-state index is -0.125. The van der Waals surface area contributed by atoms with Crippen LogP contribution in [0.15, 0.2) is 96.8 Å². The molecule has 0 amide bonds. The van der Waals surface area contributed by atoms with Crippen LogP contribution in [0, 0.1) is 6.07 Å². The van der Waals surface area contributed by atoms with Gasteiger partial charge in [0.05, 0.1) is 11.3 Å². The Hall–Kier alpha value is -4.05. The molecule has 5 heteroatoms. The number of carbonyl (C=O) groups is 1. The normalized spacial score (nSPS) is 11.7. The van der Waals surface area contributed by atoms with Crippen molar-refractivity contribution in [1.82, 2.24) is 9.55 Å². The van der Waals surface area contributed by atoms with Crippen molar-refractivity contribution in [3.63, 3.8) is 0 Å². The molecule has 1 aliphatic carbocycles. The summed E-state index contributed by atoms with van der Waals surface area (Å²) in [5, 5.41) is 12.1. The molecule has 0 saturated heterocycles. The summed E-state index contributed by atoms with van der Waals surface area (Å²) in [6, 6.07) is 33.7. The van der Waals surface area contributed by atoms with Gasteiger partial charge in [-0.05, 0) is 64.8 Å². The summed E-state index contributed by atoms with van der Waals surface area (Å²) in [5.74, 6) is -0.0625. The molecule has 7 rings (SSSR count). The van der Waals surface area contributed by atoms with Crippen LogP contribution in [0.25, 0.3) is 66.2 Å². The Morgan fingerprint density at radius 1 is 0.842 bits per heavy atom. The number of fused-ring (bicyclic) bond motifs is 6. The topological polar surface area (TPSA) is 55.1 Å². The summed E-state index contributed by atoms with van der Waals surface area (Å²) < 4.78 is 2.24. The summed E-state index contributed by atoms with van der Waals surface area (Å²) >= 11 is 0. The Balaban J connectivity index is 0.000000329. The van der Waals surface area contributed by atoms with Crippen LogP contribution in [0.2, 0.25) is 0 Å². The smallest absolute Gasteiger partial charge is 0.155 e. The van der Waals surface area contributed by atoms with Crippen molar-refractivity contribution in [3.05, 3.63) is 103 Å². The minimum absolute atomic E-state index is 0. The third kappa shape index (κ3) is 4.24. The number of carbonyl (C=O) groups excluding carboxylic acids is 1. The molecule has 38 heavy (non-hydrogen) atoms. The van der Waals surface area contributed by atoms with Crippen molar-refractivity contribution in [1.29, 1.82) is 0 Å². The van der Waals surface area contributed by atoms with Crippen molar-refractivity contribution < 1.29 is 30.0 Å². The van der Waals surface area contributed by atoms with E-state index >= 15 is 0 Å². The van der Waals surface area contributed by atoms with Crippen LogP contribution >= 0.6 is 0 Å². The molecule has 2 aromatic heterocycles. The zero-order valence-electron chi connectivity index (χ0n) is 21.2. The first kappa shape index (κ1) is 25.6. The largest absolute Gasteiger partial charge is 0.512 e. The Bertz CT molecular complexity index is 1900. The van der Waals surface area contributed by atoms with Gasteiger partial charge in [0.25, 0.3) is 0 Å². The summed E-state index contributed by atoms with van der Waals surface area (Å²) in [4.78, 5) is 15.1. The molecular formula is C33H25IrN2O2-. The van der Waals surface area contributed by atoms with Gasteiger partial charge in [-0.1, -0.05) is 66.0 Å². The Morgan fingerprint density at radius 3 is 2.24 bits per heavy atom. The Labute approximate surface area is 234 Å². The molecule has 189 valence electrons. The molecule has 0 bridgehead atoms. The van der Waals surface area contributed by atoms with Gasteiger partial charge in [0.2, 0.25) is 0 Å². The first-order valence-electron chi connectivity index (χ1n) is 12.2. The van der Waals surface area contributed by atoms with Gasteiger partial charge in [-0.15, -0.1) is 23.8 Å². The number of hydrogen-bond acceptors (Lipinski definition) is 3.